The maximum Gasteiger partial charge on any atom is 0.338 e. The van der Waals surface area contributed by atoms with Gasteiger partial charge in [-0.2, -0.15) is 0 Å². The summed E-state index contributed by atoms with van der Waals surface area (Å²) in [5, 5.41) is 13.4. The van der Waals surface area contributed by atoms with E-state index in [0.717, 1.165) is 12.8 Å². The largest absolute Gasteiger partial charge is 0.391 e. The molecule has 3 amide bonds. The molecule has 2 aliphatic rings. The van der Waals surface area contributed by atoms with Crippen molar-refractivity contribution >= 4 is 11.9 Å². The molecular weight excluding hydrogens is 222 g/mol. The molecule has 1 atom stereocenters. The third-order valence-corrected chi connectivity index (χ3v) is 3.48. The number of imide groups is 1. The summed E-state index contributed by atoms with van der Waals surface area (Å²) in [6, 6.07) is -0.439. The van der Waals surface area contributed by atoms with E-state index >= 15 is 0 Å². The number of nitrogens with one attached hydrogen (secondary N) is 2. The van der Waals surface area contributed by atoms with Gasteiger partial charge in [0, 0.05) is 6.54 Å². The van der Waals surface area contributed by atoms with Crippen molar-refractivity contribution in [1.29, 1.82) is 0 Å². The van der Waals surface area contributed by atoms with Crippen LogP contribution < -0.4 is 10.7 Å². The Morgan fingerprint density at radius 3 is 2.65 bits per heavy atom. The van der Waals surface area contributed by atoms with Crippen molar-refractivity contribution in [3.8, 4) is 0 Å². The normalized spacial score (nSPS) is 23.9. The SMILES string of the molecule is O=C1CN(NCC(O)C2CCCCC2)C(=O)N1. The van der Waals surface area contributed by atoms with Crippen LogP contribution in [0.4, 0.5) is 4.79 Å². The molecule has 0 spiro atoms. The highest BCUT2D eigenvalue weighted by Crippen LogP contribution is 2.26. The van der Waals surface area contributed by atoms with E-state index in [1.165, 1.54) is 24.3 Å². The average molecular weight is 241 g/mol. The minimum Gasteiger partial charge on any atom is -0.391 e. The lowest BCUT2D eigenvalue weighted by atomic mass is 9.85. The van der Waals surface area contributed by atoms with E-state index in [4.69, 9.17) is 0 Å². The van der Waals surface area contributed by atoms with Gasteiger partial charge >= 0.3 is 6.03 Å². The Bertz CT molecular complexity index is 302. The zero-order chi connectivity index (χ0) is 12.3. The van der Waals surface area contributed by atoms with Crippen molar-refractivity contribution < 1.29 is 14.7 Å². The van der Waals surface area contributed by atoms with Crippen LogP contribution in [0.15, 0.2) is 0 Å². The average Bonchev–Trinajstić information content (AvgIpc) is 2.66. The van der Waals surface area contributed by atoms with Gasteiger partial charge < -0.3 is 5.11 Å². The number of urea groups is 1. The Hall–Kier alpha value is -1.14. The fourth-order valence-corrected chi connectivity index (χ4v) is 2.46. The highest BCUT2D eigenvalue weighted by molar-refractivity contribution is 6.01. The molecule has 17 heavy (non-hydrogen) atoms. The first kappa shape index (κ1) is 12.3. The van der Waals surface area contributed by atoms with E-state index in [1.54, 1.807) is 0 Å². The molecule has 6 nitrogen and oxygen atoms in total. The molecule has 96 valence electrons. The van der Waals surface area contributed by atoms with Gasteiger partial charge in [0.25, 0.3) is 0 Å². The number of aliphatic hydroxyl groups excluding tert-OH is 1. The lowest BCUT2D eigenvalue weighted by Crippen LogP contribution is -2.45. The van der Waals surface area contributed by atoms with Crippen molar-refractivity contribution in [3.63, 3.8) is 0 Å². The minimum atomic E-state index is -0.446. The van der Waals surface area contributed by atoms with Crippen molar-refractivity contribution in [2.45, 2.75) is 38.2 Å². The van der Waals surface area contributed by atoms with Crippen LogP contribution in [0.2, 0.25) is 0 Å². The number of carbonyl (C=O) groups excluding carboxylic acids is 2. The van der Waals surface area contributed by atoms with Crippen LogP contribution in [0.25, 0.3) is 0 Å². The zero-order valence-electron chi connectivity index (χ0n) is 9.82. The number of hydrazine groups is 1. The van der Waals surface area contributed by atoms with Crippen molar-refractivity contribution in [2.24, 2.45) is 5.92 Å². The molecule has 1 aliphatic heterocycles. The standard InChI is InChI=1S/C11H19N3O3/c15-9(8-4-2-1-3-5-8)6-12-14-7-10(16)13-11(14)17/h8-9,12,15H,1-7H2,(H,13,16,17). The molecule has 1 saturated heterocycles. The second-order valence-corrected chi connectivity index (χ2v) is 4.77. The van der Waals surface area contributed by atoms with Crippen LogP contribution in [-0.2, 0) is 4.79 Å². The number of amides is 3. The Morgan fingerprint density at radius 1 is 1.35 bits per heavy atom. The summed E-state index contributed by atoms with van der Waals surface area (Å²) in [6.45, 7) is 0.349. The van der Waals surface area contributed by atoms with Gasteiger partial charge in [-0.15, -0.1) is 0 Å². The van der Waals surface area contributed by atoms with Gasteiger partial charge in [-0.1, -0.05) is 19.3 Å². The number of rotatable bonds is 4. The third kappa shape index (κ3) is 3.17. The van der Waals surface area contributed by atoms with Crippen LogP contribution in [0.1, 0.15) is 32.1 Å². The van der Waals surface area contributed by atoms with Gasteiger partial charge in [0.1, 0.15) is 6.54 Å². The van der Waals surface area contributed by atoms with Gasteiger partial charge in [-0.25, -0.2) is 15.2 Å². The molecule has 1 aliphatic carbocycles. The summed E-state index contributed by atoms with van der Waals surface area (Å²) in [7, 11) is 0. The highest BCUT2D eigenvalue weighted by Gasteiger charge is 2.28. The Morgan fingerprint density at radius 2 is 2.06 bits per heavy atom. The first-order chi connectivity index (χ1) is 8.16. The predicted octanol–water partition coefficient (Wildman–Crippen LogP) is -0.0160. The lowest BCUT2D eigenvalue weighted by molar-refractivity contribution is -0.118. The monoisotopic (exact) mass is 241 g/mol. The molecular formula is C11H19N3O3. The van der Waals surface area contributed by atoms with Crippen LogP contribution in [0.3, 0.4) is 0 Å². The molecule has 6 heteroatoms. The minimum absolute atomic E-state index is 0.0240. The topological polar surface area (TPSA) is 81.7 Å². The molecule has 2 fully saturated rings. The van der Waals surface area contributed by atoms with E-state index in [2.05, 4.69) is 10.7 Å². The number of nitrogens with zero attached hydrogens (tertiary/aromatic N) is 1. The van der Waals surface area contributed by atoms with Gasteiger partial charge in [0.2, 0.25) is 5.91 Å². The molecule has 3 N–H and O–H groups in total. The maximum absolute atomic E-state index is 11.2. The summed E-state index contributed by atoms with van der Waals surface area (Å²) in [5.41, 5.74) is 2.81. The molecule has 0 aromatic carbocycles. The first-order valence-corrected chi connectivity index (χ1v) is 6.20. The van der Waals surface area contributed by atoms with Gasteiger partial charge in [0.05, 0.1) is 6.10 Å². The number of carbonyl (C=O) groups is 2. The lowest BCUT2D eigenvalue weighted by Gasteiger charge is -2.27. The molecule has 1 heterocycles. The smallest absolute Gasteiger partial charge is 0.338 e. The second kappa shape index (κ2) is 5.46. The molecule has 0 bridgehead atoms. The van der Waals surface area contributed by atoms with Crippen molar-refractivity contribution in [1.82, 2.24) is 15.8 Å². The zero-order valence-corrected chi connectivity index (χ0v) is 9.82. The van der Waals surface area contributed by atoms with Gasteiger partial charge in [0.15, 0.2) is 0 Å². The summed E-state index contributed by atoms with van der Waals surface area (Å²) in [5.74, 6) is 0.00673. The first-order valence-electron chi connectivity index (χ1n) is 6.20. The van der Waals surface area contributed by atoms with E-state index in [0.29, 0.717) is 12.5 Å². The number of hydrogen-bond donors (Lipinski definition) is 3. The predicted molar refractivity (Wildman–Crippen MR) is 60.8 cm³/mol. The van der Waals surface area contributed by atoms with Crippen LogP contribution >= 0.6 is 0 Å². The molecule has 0 aromatic rings. The van der Waals surface area contributed by atoms with E-state index < -0.39 is 12.1 Å². The molecule has 1 unspecified atom stereocenters. The Labute approximate surface area is 100 Å². The summed E-state index contributed by atoms with van der Waals surface area (Å²) < 4.78 is 0. The number of hydrogen-bond acceptors (Lipinski definition) is 4. The molecule has 1 saturated carbocycles. The fraction of sp³-hybridized carbons (Fsp3) is 0.818. The van der Waals surface area contributed by atoms with Crippen LogP contribution in [-0.4, -0.2) is 41.2 Å². The highest BCUT2D eigenvalue weighted by atomic mass is 16.3. The second-order valence-electron chi connectivity index (χ2n) is 4.77. The van der Waals surface area contributed by atoms with Crippen molar-refractivity contribution in [3.05, 3.63) is 0 Å². The summed E-state index contributed by atoms with van der Waals surface area (Å²) in [4.78, 5) is 22.2. The quantitative estimate of drug-likeness (QED) is 0.604. The summed E-state index contributed by atoms with van der Waals surface area (Å²) in [6.07, 6.45) is 5.25. The van der Waals surface area contributed by atoms with E-state index in [-0.39, 0.29) is 12.5 Å². The van der Waals surface area contributed by atoms with Gasteiger partial charge in [-0.3, -0.25) is 10.1 Å². The fourth-order valence-electron chi connectivity index (χ4n) is 2.46. The molecule has 0 aromatic heterocycles. The van der Waals surface area contributed by atoms with Crippen LogP contribution in [0, 0.1) is 5.92 Å². The van der Waals surface area contributed by atoms with E-state index in [9.17, 15) is 14.7 Å². The third-order valence-electron chi connectivity index (χ3n) is 3.48. The maximum atomic E-state index is 11.2. The molecule has 2 rings (SSSR count). The van der Waals surface area contributed by atoms with E-state index in [1.807, 2.05) is 0 Å². The molecule has 0 radical (unpaired) electrons. The summed E-state index contributed by atoms with van der Waals surface area (Å²) >= 11 is 0. The Balaban J connectivity index is 1.73. The van der Waals surface area contributed by atoms with Crippen molar-refractivity contribution in [2.75, 3.05) is 13.1 Å². The number of aliphatic hydroxyl groups is 1. The van der Waals surface area contributed by atoms with Gasteiger partial charge in [-0.05, 0) is 18.8 Å². The van der Waals surface area contributed by atoms with Crippen LogP contribution in [0.5, 0.6) is 0 Å². The Kier molecular flexibility index (Phi) is 3.96.